The number of ether oxygens (including phenoxy) is 1. The highest BCUT2D eigenvalue weighted by Gasteiger charge is 2.54. The third-order valence-corrected chi connectivity index (χ3v) is 9.52. The van der Waals surface area contributed by atoms with Crippen molar-refractivity contribution < 1.29 is 14.3 Å². The van der Waals surface area contributed by atoms with Gasteiger partial charge in [-0.1, -0.05) is 60.7 Å². The molecule has 2 aliphatic rings. The normalized spacial score (nSPS) is 18.5. The number of nitrogens with one attached hydrogen (secondary N) is 1. The molecule has 4 aromatic rings. The number of benzene rings is 2. The fourth-order valence-corrected chi connectivity index (χ4v) is 7.65. The smallest absolute Gasteiger partial charge is 0.253 e. The number of nitrogens with zero attached hydrogens (tertiary/aromatic N) is 3. The van der Waals surface area contributed by atoms with Gasteiger partial charge in [0.25, 0.3) is 5.91 Å². The van der Waals surface area contributed by atoms with Crippen molar-refractivity contribution in [3.63, 3.8) is 0 Å². The lowest BCUT2D eigenvalue weighted by atomic mass is 10.0. The molecule has 0 spiro atoms. The van der Waals surface area contributed by atoms with Gasteiger partial charge in [0.2, 0.25) is 11.0 Å². The maximum Gasteiger partial charge on any atom is 0.253 e. The second kappa shape index (κ2) is 11.4. The Labute approximate surface area is 242 Å². The van der Waals surface area contributed by atoms with Gasteiger partial charge in [0, 0.05) is 11.3 Å². The Hall–Kier alpha value is -3.38. The van der Waals surface area contributed by atoms with E-state index in [0.29, 0.717) is 16.5 Å². The minimum absolute atomic E-state index is 0.181. The molecule has 4 heterocycles. The summed E-state index contributed by atoms with van der Waals surface area (Å²) in [5, 5.41) is 15.7. The van der Waals surface area contributed by atoms with Crippen LogP contribution in [0.4, 0.5) is 0 Å². The first kappa shape index (κ1) is 25.9. The van der Waals surface area contributed by atoms with E-state index in [1.54, 1.807) is 22.2 Å². The predicted molar refractivity (Wildman–Crippen MR) is 158 cm³/mol. The molecule has 1 saturated heterocycles. The van der Waals surface area contributed by atoms with Crippen molar-refractivity contribution in [3.05, 3.63) is 110 Å². The van der Waals surface area contributed by atoms with Crippen LogP contribution in [0.5, 0.6) is 0 Å². The van der Waals surface area contributed by atoms with E-state index in [-0.39, 0.29) is 28.7 Å². The fourth-order valence-electron chi connectivity index (χ4n) is 4.63. The van der Waals surface area contributed by atoms with Crippen LogP contribution in [0, 0.1) is 0 Å². The number of thioether (sulfide) groups is 1. The van der Waals surface area contributed by atoms with E-state index in [4.69, 9.17) is 17.0 Å². The highest BCUT2D eigenvalue weighted by molar-refractivity contribution is 8.00. The summed E-state index contributed by atoms with van der Waals surface area (Å²) < 4.78 is 6.52. The number of aromatic nitrogens is 2. The van der Waals surface area contributed by atoms with Crippen molar-refractivity contribution in [1.82, 2.24) is 20.4 Å². The molecule has 0 saturated carbocycles. The number of rotatable bonds is 8. The number of β-lactam (4-membered cyclic amide) rings is 1. The maximum absolute atomic E-state index is 13.5. The molecule has 2 amide bonds. The van der Waals surface area contributed by atoms with E-state index in [1.165, 1.54) is 22.7 Å². The van der Waals surface area contributed by atoms with Gasteiger partial charge in [0.1, 0.15) is 33.7 Å². The number of amides is 2. The van der Waals surface area contributed by atoms with Crippen LogP contribution in [0.2, 0.25) is 0 Å². The van der Waals surface area contributed by atoms with Gasteiger partial charge in [0.15, 0.2) is 0 Å². The number of carbonyl (C=O) groups excluding carboxylic acids is 2. The first-order chi connectivity index (χ1) is 19.1. The van der Waals surface area contributed by atoms with E-state index in [9.17, 15) is 9.59 Å². The molecule has 2 atom stereocenters. The zero-order valence-corrected chi connectivity index (χ0v) is 23.7. The Morgan fingerprint density at radius 3 is 2.44 bits per heavy atom. The maximum atomic E-state index is 13.5. The lowest BCUT2D eigenvalue weighted by molar-refractivity contribution is -0.145. The Morgan fingerprint density at radius 2 is 1.82 bits per heavy atom. The lowest BCUT2D eigenvalue weighted by Gasteiger charge is -2.50. The molecule has 0 aliphatic carbocycles. The van der Waals surface area contributed by atoms with Crippen molar-refractivity contribution in [1.29, 1.82) is 0 Å². The minimum Gasteiger partial charge on any atom is -0.469 e. The van der Waals surface area contributed by atoms with Gasteiger partial charge in [-0.3, -0.25) is 14.5 Å². The molecule has 1 fully saturated rings. The highest BCUT2D eigenvalue weighted by Crippen LogP contribution is 2.45. The summed E-state index contributed by atoms with van der Waals surface area (Å²) in [5.74, 6) is 0.157. The van der Waals surface area contributed by atoms with Gasteiger partial charge >= 0.3 is 0 Å². The summed E-state index contributed by atoms with van der Waals surface area (Å²) in [6.07, 6.45) is -0.227. The Bertz CT molecular complexity index is 1470. The van der Waals surface area contributed by atoms with Gasteiger partial charge in [-0.05, 0) is 45.7 Å². The molecular formula is C28H22N4O3S4. The van der Waals surface area contributed by atoms with E-state index in [0.717, 1.165) is 22.3 Å². The van der Waals surface area contributed by atoms with E-state index < -0.39 is 12.1 Å². The van der Waals surface area contributed by atoms with Gasteiger partial charge in [0.05, 0.1) is 6.42 Å². The zero-order chi connectivity index (χ0) is 26.8. The quantitative estimate of drug-likeness (QED) is 0.226. The van der Waals surface area contributed by atoms with Crippen molar-refractivity contribution in [2.75, 3.05) is 5.75 Å². The van der Waals surface area contributed by atoms with Gasteiger partial charge < -0.3 is 10.1 Å². The van der Waals surface area contributed by atoms with Crippen molar-refractivity contribution in [3.8, 4) is 0 Å². The second-order valence-electron chi connectivity index (χ2n) is 8.94. The molecule has 196 valence electrons. The fraction of sp³-hybridized carbons (Fsp3) is 0.179. The van der Waals surface area contributed by atoms with Crippen LogP contribution in [-0.2, 0) is 20.7 Å². The summed E-state index contributed by atoms with van der Waals surface area (Å²) in [5.41, 5.74) is 5.80. The Morgan fingerprint density at radius 1 is 1.10 bits per heavy atom. The molecule has 39 heavy (non-hydrogen) atoms. The number of thiocarbonyl (C=S) groups is 1. The average molecular weight is 591 g/mol. The van der Waals surface area contributed by atoms with Crippen molar-refractivity contribution in [2.24, 2.45) is 0 Å². The average Bonchev–Trinajstić information content (AvgIpc) is 3.70. The summed E-state index contributed by atoms with van der Waals surface area (Å²) in [4.78, 5) is 27.9. The molecule has 0 radical (unpaired) electrons. The van der Waals surface area contributed by atoms with Crippen molar-refractivity contribution in [2.45, 2.75) is 23.9 Å². The number of hydrogen-bond donors (Lipinski definition) is 1. The third kappa shape index (κ3) is 5.27. The molecule has 2 aromatic carbocycles. The van der Waals surface area contributed by atoms with Crippen LogP contribution >= 0.6 is 46.7 Å². The standard InChI is InChI=1S/C28H22N4O3S4/c33-21(13-17-11-12-37-14-17)30-22-26(34)32-23(20(15-38-27(22)32)25-31-29-16-39-25)28(36)35-24(18-7-3-1-4-8-18)19-9-5-2-6-10-19/h1-12,14,16,22,24,27H,13,15H2,(H,30,33)/t22-,27-/m1/s1. The second-order valence-corrected chi connectivity index (χ2v) is 12.0. The van der Waals surface area contributed by atoms with Crippen LogP contribution in [-0.4, -0.2) is 49.1 Å². The molecule has 7 nitrogen and oxygen atoms in total. The first-order valence-electron chi connectivity index (χ1n) is 12.2. The van der Waals surface area contributed by atoms with E-state index in [2.05, 4.69) is 15.5 Å². The summed E-state index contributed by atoms with van der Waals surface area (Å²) in [6, 6.07) is 21.0. The molecule has 0 bridgehead atoms. The minimum atomic E-state index is -0.631. The van der Waals surface area contributed by atoms with Crippen LogP contribution in [0.3, 0.4) is 0 Å². The topological polar surface area (TPSA) is 84.4 Å². The largest absolute Gasteiger partial charge is 0.469 e. The van der Waals surface area contributed by atoms with Crippen LogP contribution in [0.25, 0.3) is 5.57 Å². The zero-order valence-electron chi connectivity index (χ0n) is 20.4. The molecular weight excluding hydrogens is 569 g/mol. The van der Waals surface area contributed by atoms with Crippen LogP contribution < -0.4 is 5.32 Å². The van der Waals surface area contributed by atoms with E-state index in [1.807, 2.05) is 77.5 Å². The van der Waals surface area contributed by atoms with E-state index >= 15 is 0 Å². The van der Waals surface area contributed by atoms with Crippen molar-refractivity contribution >= 4 is 69.1 Å². The number of fused-ring (bicyclic) bond motifs is 1. The third-order valence-electron chi connectivity index (χ3n) is 6.47. The Kier molecular flexibility index (Phi) is 7.55. The molecule has 0 unspecified atom stereocenters. The predicted octanol–water partition coefficient (Wildman–Crippen LogP) is 5.09. The van der Waals surface area contributed by atoms with Gasteiger partial charge in [-0.15, -0.1) is 33.3 Å². The Balaban J connectivity index is 1.29. The number of carbonyl (C=O) groups is 2. The summed E-state index contributed by atoms with van der Waals surface area (Å²) in [7, 11) is 0. The molecule has 2 aromatic heterocycles. The SMILES string of the molecule is O=C(Cc1ccsc1)N[C@@H]1C(=O)N2C(C(=S)OC(c3ccccc3)c3ccccc3)=C(c3nncs3)CS[C@H]12. The molecule has 1 N–H and O–H groups in total. The summed E-state index contributed by atoms with van der Waals surface area (Å²) in [6.45, 7) is 0. The van der Waals surface area contributed by atoms with Gasteiger partial charge in [-0.2, -0.15) is 11.3 Å². The number of hydrogen-bond acceptors (Lipinski definition) is 9. The highest BCUT2D eigenvalue weighted by atomic mass is 32.2. The van der Waals surface area contributed by atoms with Crippen LogP contribution in [0.1, 0.15) is 27.8 Å². The lowest BCUT2D eigenvalue weighted by Crippen LogP contribution is -2.70. The monoisotopic (exact) mass is 590 g/mol. The molecule has 11 heteroatoms. The molecule has 6 rings (SSSR count). The first-order valence-corrected chi connectivity index (χ1v) is 15.4. The number of thiophene rings is 1. The van der Waals surface area contributed by atoms with Crippen LogP contribution in [0.15, 0.2) is 88.7 Å². The summed E-state index contributed by atoms with van der Waals surface area (Å²) >= 11 is 10.4. The molecule has 2 aliphatic heterocycles. The van der Waals surface area contributed by atoms with Gasteiger partial charge in [-0.25, -0.2) is 0 Å².